The van der Waals surface area contributed by atoms with Gasteiger partial charge in [-0.3, -0.25) is 9.59 Å². The van der Waals surface area contributed by atoms with Crippen LogP contribution in [0.5, 0.6) is 0 Å². The fourth-order valence-electron chi connectivity index (χ4n) is 3.45. The molecule has 0 fully saturated rings. The number of alkyl halides is 3. The number of nitrogens with two attached hydrogens (primary N) is 1. The Bertz CT molecular complexity index is 1210. The molecule has 0 unspecified atom stereocenters. The maximum atomic E-state index is 13.3. The number of carbonyl (C=O) groups excluding carboxylic acids is 1. The van der Waals surface area contributed by atoms with E-state index in [4.69, 9.17) is 11.0 Å². The van der Waals surface area contributed by atoms with Crippen molar-refractivity contribution in [3.05, 3.63) is 57.3 Å². The number of pyridine rings is 2. The predicted octanol–water partition coefficient (Wildman–Crippen LogP) is 2.09. The maximum Gasteiger partial charge on any atom is 0.425 e. The first-order chi connectivity index (χ1) is 14.8. The van der Waals surface area contributed by atoms with E-state index < -0.39 is 41.7 Å². The fourth-order valence-corrected chi connectivity index (χ4v) is 3.45. The summed E-state index contributed by atoms with van der Waals surface area (Å²) >= 11 is 0. The summed E-state index contributed by atoms with van der Waals surface area (Å²) in [6.07, 6.45) is -5.05. The molecule has 3 heterocycles. The molecule has 168 valence electrons. The summed E-state index contributed by atoms with van der Waals surface area (Å²) in [6, 6.07) is 3.98. The quantitative estimate of drug-likeness (QED) is 0.738. The average Bonchev–Trinajstić information content (AvgIpc) is 2.68. The number of amides is 1. The van der Waals surface area contributed by atoms with Crippen molar-refractivity contribution in [3.8, 4) is 6.07 Å². The van der Waals surface area contributed by atoms with Crippen molar-refractivity contribution in [1.29, 1.82) is 5.26 Å². The first kappa shape index (κ1) is 22.8. The van der Waals surface area contributed by atoms with Gasteiger partial charge in [0, 0.05) is 31.4 Å². The van der Waals surface area contributed by atoms with Crippen LogP contribution in [-0.4, -0.2) is 33.8 Å². The number of amidine groups is 1. The summed E-state index contributed by atoms with van der Waals surface area (Å²) in [4.78, 5) is 33.4. The zero-order valence-electron chi connectivity index (χ0n) is 17.3. The van der Waals surface area contributed by atoms with Gasteiger partial charge in [0.05, 0.1) is 16.8 Å². The van der Waals surface area contributed by atoms with Crippen molar-refractivity contribution in [2.75, 3.05) is 5.32 Å². The summed E-state index contributed by atoms with van der Waals surface area (Å²) in [5.74, 6) is -0.620. The standard InChI is InChI=1S/C20H19F3N6O3/c1-10-4-11(7-24)8-26-15(10)16(30)27-12-5-13(17(31)29(3)9-12)19(2)6-14(20(21,22)23)32-18(25)28-19/h4-5,8-9,14H,6H2,1-3H3,(H2,25,28)(H,27,30)/t14-,19+/m0/s1. The largest absolute Gasteiger partial charge is 0.452 e. The van der Waals surface area contributed by atoms with Crippen molar-refractivity contribution < 1.29 is 22.7 Å². The van der Waals surface area contributed by atoms with Crippen LogP contribution >= 0.6 is 0 Å². The Balaban J connectivity index is 2.00. The van der Waals surface area contributed by atoms with E-state index in [1.54, 1.807) is 6.92 Å². The molecule has 3 N–H and O–H groups in total. The third kappa shape index (κ3) is 4.41. The smallest absolute Gasteiger partial charge is 0.425 e. The third-order valence-corrected chi connectivity index (χ3v) is 5.01. The number of aromatic nitrogens is 2. The highest BCUT2D eigenvalue weighted by molar-refractivity contribution is 6.03. The van der Waals surface area contributed by atoms with Crippen molar-refractivity contribution in [2.24, 2.45) is 17.8 Å². The van der Waals surface area contributed by atoms with Crippen LogP contribution in [0.4, 0.5) is 18.9 Å². The molecule has 1 aliphatic rings. The van der Waals surface area contributed by atoms with Crippen molar-refractivity contribution >= 4 is 17.6 Å². The number of nitrogens with zero attached hydrogens (tertiary/aromatic N) is 4. The number of nitrogens with one attached hydrogen (secondary N) is 1. The van der Waals surface area contributed by atoms with Crippen LogP contribution in [-0.2, 0) is 17.3 Å². The number of anilines is 1. The Hall–Kier alpha value is -3.88. The van der Waals surface area contributed by atoms with Gasteiger partial charge in [0.1, 0.15) is 11.8 Å². The Labute approximate surface area is 180 Å². The molecule has 9 nitrogen and oxygen atoms in total. The normalized spacial score (nSPS) is 20.7. The van der Waals surface area contributed by atoms with Gasteiger partial charge < -0.3 is 20.4 Å². The van der Waals surface area contributed by atoms with E-state index in [1.165, 1.54) is 38.5 Å². The summed E-state index contributed by atoms with van der Waals surface area (Å²) in [6.45, 7) is 2.95. The molecule has 2 aromatic rings. The average molecular weight is 448 g/mol. The van der Waals surface area contributed by atoms with Crippen LogP contribution in [0.2, 0.25) is 0 Å². The van der Waals surface area contributed by atoms with Gasteiger partial charge >= 0.3 is 6.18 Å². The number of hydrogen-bond acceptors (Lipinski definition) is 7. The van der Waals surface area contributed by atoms with Gasteiger partial charge in [0.2, 0.25) is 0 Å². The van der Waals surface area contributed by atoms with E-state index in [-0.39, 0.29) is 22.5 Å². The van der Waals surface area contributed by atoms with E-state index >= 15 is 0 Å². The predicted molar refractivity (Wildman–Crippen MR) is 108 cm³/mol. The first-order valence-corrected chi connectivity index (χ1v) is 9.32. The number of aliphatic imine (C=N–C) groups is 1. The number of rotatable bonds is 3. The fraction of sp³-hybridized carbons (Fsp3) is 0.350. The highest BCUT2D eigenvalue weighted by Crippen LogP contribution is 2.39. The van der Waals surface area contributed by atoms with Crippen LogP contribution in [0.25, 0.3) is 0 Å². The Morgan fingerprint density at radius 3 is 2.72 bits per heavy atom. The lowest BCUT2D eigenvalue weighted by atomic mass is 9.86. The first-order valence-electron chi connectivity index (χ1n) is 9.32. The van der Waals surface area contributed by atoms with E-state index in [9.17, 15) is 22.8 Å². The van der Waals surface area contributed by atoms with Gasteiger partial charge in [0.15, 0.2) is 6.10 Å². The van der Waals surface area contributed by atoms with Gasteiger partial charge in [-0.25, -0.2) is 9.98 Å². The minimum absolute atomic E-state index is 0.0519. The molecule has 1 amide bonds. The number of halogens is 3. The molecule has 0 radical (unpaired) electrons. The molecule has 0 saturated heterocycles. The second-order valence-corrected chi connectivity index (χ2v) is 7.59. The molecule has 0 saturated carbocycles. The zero-order chi connectivity index (χ0) is 23.8. The van der Waals surface area contributed by atoms with Gasteiger partial charge in [-0.1, -0.05) is 0 Å². The highest BCUT2D eigenvalue weighted by atomic mass is 19.4. The minimum Gasteiger partial charge on any atom is -0.452 e. The Morgan fingerprint density at radius 1 is 1.44 bits per heavy atom. The highest BCUT2D eigenvalue weighted by Gasteiger charge is 2.50. The third-order valence-electron chi connectivity index (χ3n) is 5.01. The van der Waals surface area contributed by atoms with E-state index in [1.807, 2.05) is 6.07 Å². The molecule has 1 aliphatic heterocycles. The van der Waals surface area contributed by atoms with Crippen LogP contribution in [0.1, 0.15) is 40.5 Å². The molecule has 0 bridgehead atoms. The molecule has 0 spiro atoms. The van der Waals surface area contributed by atoms with E-state index in [2.05, 4.69) is 20.0 Å². The van der Waals surface area contributed by atoms with Gasteiger partial charge in [-0.05, 0) is 31.5 Å². The van der Waals surface area contributed by atoms with Crippen molar-refractivity contribution in [3.63, 3.8) is 0 Å². The second kappa shape index (κ2) is 7.99. The van der Waals surface area contributed by atoms with E-state index in [0.717, 1.165) is 4.57 Å². The SMILES string of the molecule is Cc1cc(C#N)cnc1C(=O)Nc1cc([C@@]2(C)C[C@@H](C(F)(F)F)OC(N)=N2)c(=O)n(C)c1. The number of ether oxygens (including phenoxy) is 1. The van der Waals surface area contributed by atoms with Crippen LogP contribution in [0.15, 0.2) is 34.3 Å². The number of aryl methyl sites for hydroxylation is 2. The molecular weight excluding hydrogens is 429 g/mol. The summed E-state index contributed by atoms with van der Waals surface area (Å²) < 4.78 is 45.6. The van der Waals surface area contributed by atoms with Crippen LogP contribution in [0.3, 0.4) is 0 Å². The molecular formula is C20H19F3N6O3. The number of carbonyl (C=O) groups is 1. The second-order valence-electron chi connectivity index (χ2n) is 7.59. The minimum atomic E-state index is -4.71. The summed E-state index contributed by atoms with van der Waals surface area (Å²) in [7, 11) is 1.39. The Kier molecular flexibility index (Phi) is 5.69. The van der Waals surface area contributed by atoms with Gasteiger partial charge in [-0.15, -0.1) is 0 Å². The lowest BCUT2D eigenvalue weighted by molar-refractivity contribution is -0.208. The zero-order valence-corrected chi connectivity index (χ0v) is 17.3. The molecule has 0 aliphatic carbocycles. The number of hydrogen-bond donors (Lipinski definition) is 2. The van der Waals surface area contributed by atoms with Crippen LogP contribution < -0.4 is 16.6 Å². The summed E-state index contributed by atoms with van der Waals surface area (Å²) in [5, 5.41) is 11.5. The number of nitriles is 1. The topological polar surface area (TPSA) is 135 Å². The van der Waals surface area contributed by atoms with Crippen LogP contribution in [0, 0.1) is 18.3 Å². The Morgan fingerprint density at radius 2 is 2.12 bits per heavy atom. The van der Waals surface area contributed by atoms with Crippen molar-refractivity contribution in [1.82, 2.24) is 9.55 Å². The monoisotopic (exact) mass is 448 g/mol. The van der Waals surface area contributed by atoms with Gasteiger partial charge in [-0.2, -0.15) is 18.4 Å². The lowest BCUT2D eigenvalue weighted by Gasteiger charge is -2.35. The molecule has 2 aromatic heterocycles. The molecule has 0 aromatic carbocycles. The molecule has 3 rings (SSSR count). The molecule has 12 heteroatoms. The molecule has 2 atom stereocenters. The van der Waals surface area contributed by atoms with Gasteiger partial charge in [0.25, 0.3) is 17.5 Å². The molecule has 32 heavy (non-hydrogen) atoms. The lowest BCUT2D eigenvalue weighted by Crippen LogP contribution is -2.47. The van der Waals surface area contributed by atoms with E-state index in [0.29, 0.717) is 5.56 Å². The summed E-state index contributed by atoms with van der Waals surface area (Å²) in [5.41, 5.74) is 4.07. The van der Waals surface area contributed by atoms with Crippen molar-refractivity contribution in [2.45, 2.75) is 38.1 Å². The maximum absolute atomic E-state index is 13.3.